The summed E-state index contributed by atoms with van der Waals surface area (Å²) < 4.78 is 11.6. The minimum Gasteiger partial charge on any atom is -0.382 e. The van der Waals surface area contributed by atoms with Crippen LogP contribution in [0, 0.1) is 0 Å². The molecule has 1 aromatic carbocycles. The SMILES string of the molecule is CCNC(=NCCCCOCCOC)NC1CCN(c2ccccc2Br)C1.I. The van der Waals surface area contributed by atoms with Crippen molar-refractivity contribution in [1.29, 1.82) is 0 Å². The molecule has 1 aliphatic rings. The summed E-state index contributed by atoms with van der Waals surface area (Å²) >= 11 is 3.66. The van der Waals surface area contributed by atoms with Crippen LogP contribution in [0.2, 0.25) is 0 Å². The number of ether oxygens (including phenoxy) is 2. The highest BCUT2D eigenvalue weighted by Gasteiger charge is 2.24. The quantitative estimate of drug-likeness (QED) is 0.185. The molecule has 0 spiro atoms. The zero-order valence-corrected chi connectivity index (χ0v) is 20.9. The van der Waals surface area contributed by atoms with E-state index in [1.54, 1.807) is 7.11 Å². The van der Waals surface area contributed by atoms with Gasteiger partial charge in [0.05, 0.1) is 18.9 Å². The fourth-order valence-electron chi connectivity index (χ4n) is 3.07. The van der Waals surface area contributed by atoms with Crippen LogP contribution in [-0.2, 0) is 9.47 Å². The zero-order chi connectivity index (χ0) is 19.3. The Hall–Kier alpha value is -0.580. The molecule has 2 N–H and O–H groups in total. The molecular formula is C20H34BrIN4O2. The van der Waals surface area contributed by atoms with Crippen molar-refractivity contribution in [1.82, 2.24) is 10.6 Å². The van der Waals surface area contributed by atoms with Crippen LogP contribution in [0.15, 0.2) is 33.7 Å². The summed E-state index contributed by atoms with van der Waals surface area (Å²) in [7, 11) is 1.69. The van der Waals surface area contributed by atoms with Crippen molar-refractivity contribution in [2.45, 2.75) is 32.2 Å². The number of unbranched alkanes of at least 4 members (excludes halogenated alkanes) is 1. The molecule has 1 atom stereocenters. The van der Waals surface area contributed by atoms with Gasteiger partial charge in [-0.1, -0.05) is 12.1 Å². The molecule has 0 aromatic heterocycles. The number of guanidine groups is 1. The summed E-state index contributed by atoms with van der Waals surface area (Å²) in [5, 5.41) is 6.95. The van der Waals surface area contributed by atoms with Crippen LogP contribution >= 0.6 is 39.9 Å². The van der Waals surface area contributed by atoms with Crippen LogP contribution in [-0.4, -0.2) is 65.1 Å². The first-order chi connectivity index (χ1) is 13.2. The molecule has 0 amide bonds. The maximum atomic E-state index is 5.49. The van der Waals surface area contributed by atoms with Gasteiger partial charge < -0.3 is 25.0 Å². The number of para-hydroxylation sites is 1. The van der Waals surface area contributed by atoms with E-state index in [0.29, 0.717) is 19.3 Å². The highest BCUT2D eigenvalue weighted by molar-refractivity contribution is 14.0. The van der Waals surface area contributed by atoms with E-state index in [-0.39, 0.29) is 24.0 Å². The smallest absolute Gasteiger partial charge is 0.191 e. The van der Waals surface area contributed by atoms with Crippen molar-refractivity contribution < 1.29 is 9.47 Å². The molecule has 0 saturated carbocycles. The molecule has 0 aliphatic carbocycles. The monoisotopic (exact) mass is 568 g/mol. The predicted octanol–water partition coefficient (Wildman–Crippen LogP) is 3.64. The minimum absolute atomic E-state index is 0. The van der Waals surface area contributed by atoms with Crippen molar-refractivity contribution in [3.8, 4) is 0 Å². The van der Waals surface area contributed by atoms with Crippen LogP contribution in [0.3, 0.4) is 0 Å². The Bertz CT molecular complexity index is 577. The Balaban J connectivity index is 0.00000392. The van der Waals surface area contributed by atoms with Crippen LogP contribution in [0.25, 0.3) is 0 Å². The molecule has 1 saturated heterocycles. The fourth-order valence-corrected chi connectivity index (χ4v) is 3.61. The molecule has 1 aliphatic heterocycles. The van der Waals surface area contributed by atoms with Crippen LogP contribution < -0.4 is 15.5 Å². The molecule has 6 nitrogen and oxygen atoms in total. The Morgan fingerprint density at radius 1 is 1.25 bits per heavy atom. The number of rotatable bonds is 11. The lowest BCUT2D eigenvalue weighted by Crippen LogP contribution is -2.44. The van der Waals surface area contributed by atoms with E-state index in [1.807, 2.05) is 0 Å². The van der Waals surface area contributed by atoms with Crippen molar-refractivity contribution >= 4 is 51.6 Å². The number of nitrogens with one attached hydrogen (secondary N) is 2. The van der Waals surface area contributed by atoms with Gasteiger partial charge >= 0.3 is 0 Å². The summed E-state index contributed by atoms with van der Waals surface area (Å²) in [6.07, 6.45) is 3.16. The fraction of sp³-hybridized carbons (Fsp3) is 0.650. The molecule has 1 unspecified atom stereocenters. The highest BCUT2D eigenvalue weighted by atomic mass is 127. The molecule has 0 bridgehead atoms. The number of benzene rings is 1. The van der Waals surface area contributed by atoms with Crippen molar-refractivity contribution in [3.63, 3.8) is 0 Å². The molecule has 1 fully saturated rings. The van der Waals surface area contributed by atoms with E-state index in [9.17, 15) is 0 Å². The first kappa shape index (κ1) is 25.5. The number of aliphatic imine (C=N–C) groups is 1. The van der Waals surface area contributed by atoms with Crippen molar-refractivity contribution in [2.24, 2.45) is 4.99 Å². The topological polar surface area (TPSA) is 58.1 Å². The zero-order valence-electron chi connectivity index (χ0n) is 17.0. The Morgan fingerprint density at radius 3 is 2.82 bits per heavy atom. The molecular weight excluding hydrogens is 535 g/mol. The van der Waals surface area contributed by atoms with Crippen LogP contribution in [0.1, 0.15) is 26.2 Å². The van der Waals surface area contributed by atoms with Gasteiger partial charge in [0, 0.05) is 50.4 Å². The van der Waals surface area contributed by atoms with Crippen molar-refractivity contribution in [3.05, 3.63) is 28.7 Å². The van der Waals surface area contributed by atoms with Crippen LogP contribution in [0.5, 0.6) is 0 Å². The second-order valence-corrected chi connectivity index (χ2v) is 7.45. The Morgan fingerprint density at radius 2 is 2.07 bits per heavy atom. The van der Waals surface area contributed by atoms with Gasteiger partial charge in [-0.15, -0.1) is 24.0 Å². The first-order valence-electron chi connectivity index (χ1n) is 9.85. The predicted molar refractivity (Wildman–Crippen MR) is 131 cm³/mol. The van der Waals surface area contributed by atoms with E-state index in [4.69, 9.17) is 14.5 Å². The third kappa shape index (κ3) is 9.28. The average Bonchev–Trinajstić information content (AvgIpc) is 3.12. The van der Waals surface area contributed by atoms with Gasteiger partial charge in [0.25, 0.3) is 0 Å². The number of hydrogen-bond acceptors (Lipinski definition) is 4. The standard InChI is InChI=1S/C20H33BrN4O2.HI/c1-3-22-20(23-11-6-7-13-27-15-14-26-2)24-17-10-12-25(16-17)19-9-5-4-8-18(19)21;/h4-5,8-9,17H,3,6-7,10-16H2,1-2H3,(H2,22,23,24);1H. The second kappa shape index (κ2) is 15.3. The normalized spacial score (nSPS) is 16.8. The van der Waals surface area contributed by atoms with Gasteiger partial charge in [-0.2, -0.15) is 0 Å². The van der Waals surface area contributed by atoms with E-state index < -0.39 is 0 Å². The second-order valence-electron chi connectivity index (χ2n) is 6.60. The third-order valence-electron chi connectivity index (χ3n) is 4.46. The largest absolute Gasteiger partial charge is 0.382 e. The van der Waals surface area contributed by atoms with Gasteiger partial charge in [0.1, 0.15) is 0 Å². The van der Waals surface area contributed by atoms with Gasteiger partial charge in [-0.25, -0.2) is 0 Å². The Kier molecular flexibility index (Phi) is 13.9. The molecule has 0 radical (unpaired) electrons. The van der Waals surface area contributed by atoms with Gasteiger partial charge in [-0.05, 0) is 54.2 Å². The molecule has 2 rings (SSSR count). The van der Waals surface area contributed by atoms with Gasteiger partial charge in [0.2, 0.25) is 0 Å². The summed E-state index contributed by atoms with van der Waals surface area (Å²) in [5.41, 5.74) is 1.26. The number of nitrogens with zero attached hydrogens (tertiary/aromatic N) is 2. The average molecular weight is 569 g/mol. The summed E-state index contributed by atoms with van der Waals surface area (Å²) in [5.74, 6) is 0.914. The van der Waals surface area contributed by atoms with Crippen LogP contribution in [0.4, 0.5) is 5.69 Å². The van der Waals surface area contributed by atoms with E-state index in [2.05, 4.69) is 62.7 Å². The summed E-state index contributed by atoms with van der Waals surface area (Å²) in [6.45, 7) is 7.91. The molecule has 8 heteroatoms. The minimum atomic E-state index is 0. The lowest BCUT2D eigenvalue weighted by Gasteiger charge is -2.21. The van der Waals surface area contributed by atoms with E-state index in [0.717, 1.165) is 62.5 Å². The van der Waals surface area contributed by atoms with Crippen molar-refractivity contribution in [2.75, 3.05) is 58.0 Å². The lowest BCUT2D eigenvalue weighted by molar-refractivity contribution is 0.0690. The van der Waals surface area contributed by atoms with Gasteiger partial charge in [0.15, 0.2) is 5.96 Å². The molecule has 1 aromatic rings. The molecule has 160 valence electrons. The number of methoxy groups -OCH3 is 1. The van der Waals surface area contributed by atoms with E-state index in [1.165, 1.54) is 5.69 Å². The number of anilines is 1. The molecule has 1 heterocycles. The molecule has 28 heavy (non-hydrogen) atoms. The lowest BCUT2D eigenvalue weighted by atomic mass is 10.2. The third-order valence-corrected chi connectivity index (χ3v) is 5.14. The number of halogens is 2. The summed E-state index contributed by atoms with van der Waals surface area (Å²) in [4.78, 5) is 7.13. The maximum absolute atomic E-state index is 5.49. The first-order valence-corrected chi connectivity index (χ1v) is 10.6. The number of hydrogen-bond donors (Lipinski definition) is 2. The summed E-state index contributed by atoms with van der Waals surface area (Å²) in [6, 6.07) is 8.82. The Labute approximate surface area is 195 Å². The maximum Gasteiger partial charge on any atom is 0.191 e. The van der Waals surface area contributed by atoms with Gasteiger partial charge in [-0.3, -0.25) is 4.99 Å². The van der Waals surface area contributed by atoms with E-state index >= 15 is 0 Å². The highest BCUT2D eigenvalue weighted by Crippen LogP contribution is 2.28.